The molecule has 1 atom stereocenters. The Bertz CT molecular complexity index is 665. The lowest BCUT2D eigenvalue weighted by atomic mass is 10.2. The molecule has 0 saturated heterocycles. The first-order valence-corrected chi connectivity index (χ1v) is 7.45. The van der Waals surface area contributed by atoms with Crippen molar-refractivity contribution in [2.24, 2.45) is 0 Å². The van der Waals surface area contributed by atoms with Crippen LogP contribution in [0.1, 0.15) is 18.7 Å². The predicted molar refractivity (Wildman–Crippen MR) is 86.2 cm³/mol. The molecule has 1 aromatic carbocycles. The van der Waals surface area contributed by atoms with E-state index in [0.717, 1.165) is 5.69 Å². The van der Waals surface area contributed by atoms with Crippen molar-refractivity contribution in [1.29, 1.82) is 0 Å². The summed E-state index contributed by atoms with van der Waals surface area (Å²) in [6.45, 7) is 3.74. The molecule has 1 aromatic heterocycles. The summed E-state index contributed by atoms with van der Waals surface area (Å²) in [5, 5.41) is 3.79. The summed E-state index contributed by atoms with van der Waals surface area (Å²) in [6, 6.07) is 8.41. The molecule has 0 unspecified atom stereocenters. The lowest BCUT2D eigenvalue weighted by Crippen LogP contribution is -2.46. The molecule has 1 amide bonds. The van der Waals surface area contributed by atoms with Gasteiger partial charge >= 0.3 is 0 Å². The molecule has 6 heteroatoms. The first kappa shape index (κ1) is 16.1. The summed E-state index contributed by atoms with van der Waals surface area (Å²) in [5.74, 6) is -0.208. The van der Waals surface area contributed by atoms with Crippen molar-refractivity contribution >= 4 is 46.4 Å². The monoisotopic (exact) mass is 343 g/mol. The van der Waals surface area contributed by atoms with Crippen LogP contribution in [0.4, 0.5) is 5.69 Å². The molecule has 110 valence electrons. The Morgan fingerprint density at radius 3 is 2.38 bits per heavy atom. The molecular formula is C15H14Cl3N2O+. The van der Waals surface area contributed by atoms with Crippen LogP contribution in [0, 0.1) is 6.92 Å². The molecule has 21 heavy (non-hydrogen) atoms. The second kappa shape index (κ2) is 6.65. The van der Waals surface area contributed by atoms with Crippen LogP contribution in [0.2, 0.25) is 15.1 Å². The van der Waals surface area contributed by atoms with Gasteiger partial charge in [0.2, 0.25) is 6.04 Å². The number of nitrogens with one attached hydrogen (secondary N) is 1. The van der Waals surface area contributed by atoms with Crippen LogP contribution in [0.25, 0.3) is 0 Å². The summed E-state index contributed by atoms with van der Waals surface area (Å²) in [6.07, 6.45) is 1.85. The van der Waals surface area contributed by atoms with Gasteiger partial charge in [-0.25, -0.2) is 0 Å². The molecule has 2 rings (SSSR count). The van der Waals surface area contributed by atoms with Crippen LogP contribution in [0.3, 0.4) is 0 Å². The van der Waals surface area contributed by atoms with Crippen LogP contribution >= 0.6 is 34.8 Å². The number of hydrogen-bond acceptors (Lipinski definition) is 1. The van der Waals surface area contributed by atoms with Crippen molar-refractivity contribution in [2.75, 3.05) is 5.32 Å². The smallest absolute Gasteiger partial charge is 0.293 e. The number of aryl methyl sites for hydroxylation is 1. The lowest BCUT2D eigenvalue weighted by Gasteiger charge is -2.12. The number of pyridine rings is 1. The van der Waals surface area contributed by atoms with E-state index >= 15 is 0 Å². The summed E-state index contributed by atoms with van der Waals surface area (Å²) >= 11 is 18.0. The van der Waals surface area contributed by atoms with Gasteiger partial charge in [-0.2, -0.15) is 4.57 Å². The Labute approximate surface area is 138 Å². The standard InChI is InChI=1S/C15H13Cl3N2O/c1-9-5-3-4-6-20(9)10(2)15(21)19-14-12(17)7-11(16)8-13(14)18/h3-8,10H,1-2H3/p+1/t10-/m1/s1. The average Bonchev–Trinajstić information content (AvgIpc) is 2.42. The highest BCUT2D eigenvalue weighted by Crippen LogP contribution is 2.33. The summed E-state index contributed by atoms with van der Waals surface area (Å²) in [7, 11) is 0. The number of hydrogen-bond donors (Lipinski definition) is 1. The molecule has 2 aromatic rings. The molecular weight excluding hydrogens is 331 g/mol. The van der Waals surface area contributed by atoms with Gasteiger partial charge in [-0.3, -0.25) is 4.79 Å². The lowest BCUT2D eigenvalue weighted by molar-refractivity contribution is -0.711. The van der Waals surface area contributed by atoms with Crippen molar-refractivity contribution in [2.45, 2.75) is 19.9 Å². The average molecular weight is 345 g/mol. The van der Waals surface area contributed by atoms with Gasteiger partial charge in [-0.15, -0.1) is 0 Å². The molecule has 0 aliphatic heterocycles. The van der Waals surface area contributed by atoms with E-state index in [0.29, 0.717) is 20.8 Å². The maximum atomic E-state index is 12.4. The molecule has 0 saturated carbocycles. The molecule has 0 spiro atoms. The number of rotatable bonds is 3. The van der Waals surface area contributed by atoms with Crippen molar-refractivity contribution in [3.63, 3.8) is 0 Å². The fourth-order valence-electron chi connectivity index (χ4n) is 1.99. The molecule has 0 radical (unpaired) electrons. The van der Waals surface area contributed by atoms with Crippen molar-refractivity contribution in [3.8, 4) is 0 Å². The topological polar surface area (TPSA) is 33.0 Å². The maximum absolute atomic E-state index is 12.4. The van der Waals surface area contributed by atoms with Crippen LogP contribution < -0.4 is 9.88 Å². The normalized spacial score (nSPS) is 12.0. The van der Waals surface area contributed by atoms with E-state index in [1.54, 1.807) is 6.92 Å². The van der Waals surface area contributed by atoms with Gasteiger partial charge in [-0.1, -0.05) is 40.9 Å². The highest BCUT2D eigenvalue weighted by molar-refractivity contribution is 6.42. The number of amides is 1. The minimum absolute atomic E-state index is 0.208. The van der Waals surface area contributed by atoms with E-state index in [1.807, 2.05) is 35.9 Å². The fraction of sp³-hybridized carbons (Fsp3) is 0.200. The van der Waals surface area contributed by atoms with E-state index in [4.69, 9.17) is 34.8 Å². The molecule has 1 N–H and O–H groups in total. The Balaban J connectivity index is 2.25. The third-order valence-electron chi connectivity index (χ3n) is 3.15. The molecule has 0 bridgehead atoms. The van der Waals surface area contributed by atoms with Gasteiger partial charge in [0.05, 0.1) is 15.7 Å². The fourth-order valence-corrected chi connectivity index (χ4v) is 2.90. The molecule has 1 heterocycles. The highest BCUT2D eigenvalue weighted by atomic mass is 35.5. The second-order valence-corrected chi connectivity index (χ2v) is 5.91. The molecule has 0 aliphatic carbocycles. The number of nitrogens with zero attached hydrogens (tertiary/aromatic N) is 1. The third-order valence-corrected chi connectivity index (χ3v) is 3.97. The largest absolute Gasteiger partial charge is 0.318 e. The van der Waals surface area contributed by atoms with Crippen molar-refractivity contribution < 1.29 is 9.36 Å². The van der Waals surface area contributed by atoms with Crippen LogP contribution in [-0.2, 0) is 4.79 Å². The number of carbonyl (C=O) groups excluding carboxylic acids is 1. The SMILES string of the molecule is Cc1cccc[n+]1[C@H](C)C(=O)Nc1c(Cl)cc(Cl)cc1Cl. The summed E-state index contributed by atoms with van der Waals surface area (Å²) in [5.41, 5.74) is 1.35. The first-order chi connectivity index (χ1) is 9.90. The van der Waals surface area contributed by atoms with E-state index in [9.17, 15) is 4.79 Å². The zero-order valence-electron chi connectivity index (χ0n) is 11.5. The second-order valence-electron chi connectivity index (χ2n) is 4.66. The van der Waals surface area contributed by atoms with E-state index in [1.165, 1.54) is 12.1 Å². The number of benzene rings is 1. The summed E-state index contributed by atoms with van der Waals surface area (Å²) in [4.78, 5) is 12.4. The van der Waals surface area contributed by atoms with Crippen LogP contribution in [0.5, 0.6) is 0 Å². The van der Waals surface area contributed by atoms with Gasteiger partial charge in [0, 0.05) is 31.0 Å². The molecule has 3 nitrogen and oxygen atoms in total. The number of halogens is 3. The zero-order valence-corrected chi connectivity index (χ0v) is 13.8. The molecule has 0 fully saturated rings. The van der Waals surface area contributed by atoms with Crippen molar-refractivity contribution in [3.05, 3.63) is 57.3 Å². The third kappa shape index (κ3) is 3.67. The highest BCUT2D eigenvalue weighted by Gasteiger charge is 2.25. The van der Waals surface area contributed by atoms with E-state index in [2.05, 4.69) is 5.32 Å². The Kier molecular flexibility index (Phi) is 5.09. The van der Waals surface area contributed by atoms with Gasteiger partial charge in [0.1, 0.15) is 0 Å². The van der Waals surface area contributed by atoms with Gasteiger partial charge < -0.3 is 5.32 Å². The van der Waals surface area contributed by atoms with Gasteiger partial charge in [0.25, 0.3) is 5.91 Å². The minimum atomic E-state index is -0.394. The number of anilines is 1. The van der Waals surface area contributed by atoms with Gasteiger partial charge in [0.15, 0.2) is 11.9 Å². The Morgan fingerprint density at radius 2 is 1.81 bits per heavy atom. The quantitative estimate of drug-likeness (QED) is 0.820. The van der Waals surface area contributed by atoms with Gasteiger partial charge in [-0.05, 0) is 12.1 Å². The number of carbonyl (C=O) groups is 1. The Hall–Kier alpha value is -1.29. The van der Waals surface area contributed by atoms with Crippen molar-refractivity contribution in [1.82, 2.24) is 0 Å². The van der Waals surface area contributed by atoms with E-state index < -0.39 is 6.04 Å². The Morgan fingerprint density at radius 1 is 1.19 bits per heavy atom. The molecule has 0 aliphatic rings. The first-order valence-electron chi connectivity index (χ1n) is 6.32. The summed E-state index contributed by atoms with van der Waals surface area (Å²) < 4.78 is 1.87. The maximum Gasteiger partial charge on any atom is 0.293 e. The number of aromatic nitrogens is 1. The zero-order chi connectivity index (χ0) is 15.6. The predicted octanol–water partition coefficient (Wildman–Crippen LogP) is 4.44. The van der Waals surface area contributed by atoms with Crippen LogP contribution in [0.15, 0.2) is 36.5 Å². The minimum Gasteiger partial charge on any atom is -0.318 e. The van der Waals surface area contributed by atoms with E-state index in [-0.39, 0.29) is 5.91 Å². The van der Waals surface area contributed by atoms with Crippen LogP contribution in [-0.4, -0.2) is 5.91 Å².